The van der Waals surface area contributed by atoms with Crippen LogP contribution in [-0.4, -0.2) is 0 Å². The fourth-order valence-corrected chi connectivity index (χ4v) is 0.817. The SMILES string of the molecule is [O-]N(OI)c1ccccc1. The summed E-state index contributed by atoms with van der Waals surface area (Å²) >= 11 is 1.53. The molecule has 0 aliphatic carbocycles. The molecule has 0 heterocycles. The van der Waals surface area contributed by atoms with Crippen LogP contribution < -0.4 is 5.23 Å². The van der Waals surface area contributed by atoms with Crippen LogP contribution in [0.15, 0.2) is 30.3 Å². The van der Waals surface area contributed by atoms with Crippen LogP contribution in [0.1, 0.15) is 0 Å². The summed E-state index contributed by atoms with van der Waals surface area (Å²) in [6.07, 6.45) is 0. The second-order valence-electron chi connectivity index (χ2n) is 1.66. The van der Waals surface area contributed by atoms with E-state index in [2.05, 4.69) is 3.17 Å². The van der Waals surface area contributed by atoms with Gasteiger partial charge in [-0.1, -0.05) is 18.2 Å². The Morgan fingerprint density at radius 2 is 1.90 bits per heavy atom. The summed E-state index contributed by atoms with van der Waals surface area (Å²) in [6, 6.07) is 8.73. The molecule has 0 fully saturated rings. The van der Waals surface area contributed by atoms with Crippen LogP contribution in [0.3, 0.4) is 0 Å². The van der Waals surface area contributed by atoms with Gasteiger partial charge in [0.25, 0.3) is 0 Å². The molecule has 54 valence electrons. The molecule has 0 N–H and O–H groups in total. The summed E-state index contributed by atoms with van der Waals surface area (Å²) in [4.78, 5) is 0. The van der Waals surface area contributed by atoms with E-state index in [1.807, 2.05) is 6.07 Å². The van der Waals surface area contributed by atoms with Crippen LogP contribution in [0.5, 0.6) is 0 Å². The van der Waals surface area contributed by atoms with Gasteiger partial charge in [0.2, 0.25) is 0 Å². The Hall–Kier alpha value is -0.330. The van der Waals surface area contributed by atoms with E-state index in [9.17, 15) is 5.21 Å². The molecule has 0 radical (unpaired) electrons. The van der Waals surface area contributed by atoms with Crippen molar-refractivity contribution in [1.29, 1.82) is 0 Å². The Morgan fingerprint density at radius 3 is 2.40 bits per heavy atom. The summed E-state index contributed by atoms with van der Waals surface area (Å²) < 4.78 is 4.38. The van der Waals surface area contributed by atoms with Gasteiger partial charge in [0.1, 0.15) is 23.0 Å². The van der Waals surface area contributed by atoms with Crippen LogP contribution >= 0.6 is 23.0 Å². The highest BCUT2D eigenvalue weighted by Crippen LogP contribution is 2.13. The van der Waals surface area contributed by atoms with Crippen LogP contribution in [0, 0.1) is 5.21 Å². The van der Waals surface area contributed by atoms with Gasteiger partial charge in [0, 0.05) is 0 Å². The lowest BCUT2D eigenvalue weighted by molar-refractivity contribution is 0.433. The number of nitrogens with zero attached hydrogens (tertiary/aromatic N) is 1. The first-order valence-corrected chi connectivity index (χ1v) is 3.53. The van der Waals surface area contributed by atoms with Crippen LogP contribution in [0.2, 0.25) is 0 Å². The van der Waals surface area contributed by atoms with Gasteiger partial charge in [-0.05, 0) is 12.1 Å². The van der Waals surface area contributed by atoms with Crippen molar-refractivity contribution in [3.63, 3.8) is 0 Å². The van der Waals surface area contributed by atoms with E-state index >= 15 is 0 Å². The molecule has 1 rings (SSSR count). The van der Waals surface area contributed by atoms with E-state index in [0.717, 1.165) is 0 Å². The van der Waals surface area contributed by atoms with Crippen molar-refractivity contribution in [1.82, 2.24) is 0 Å². The first-order valence-electron chi connectivity index (χ1n) is 2.65. The van der Waals surface area contributed by atoms with E-state index in [1.54, 1.807) is 24.3 Å². The predicted octanol–water partition coefficient (Wildman–Crippen LogP) is 2.27. The second-order valence-corrected chi connectivity index (χ2v) is 2.06. The van der Waals surface area contributed by atoms with E-state index < -0.39 is 0 Å². The van der Waals surface area contributed by atoms with Crippen molar-refractivity contribution < 1.29 is 3.17 Å². The van der Waals surface area contributed by atoms with Crippen molar-refractivity contribution in [2.24, 2.45) is 0 Å². The summed E-state index contributed by atoms with van der Waals surface area (Å²) in [7, 11) is 0. The fourth-order valence-electron chi connectivity index (χ4n) is 0.590. The Kier molecular flexibility index (Phi) is 2.91. The minimum absolute atomic E-state index is 0.445. The van der Waals surface area contributed by atoms with Gasteiger partial charge in [-0.3, -0.25) is 0 Å². The maximum Gasteiger partial charge on any atom is 0.144 e. The molecule has 1 aromatic rings. The second kappa shape index (κ2) is 3.75. The van der Waals surface area contributed by atoms with Gasteiger partial charge in [0.15, 0.2) is 0 Å². The van der Waals surface area contributed by atoms with Gasteiger partial charge >= 0.3 is 0 Å². The van der Waals surface area contributed by atoms with Gasteiger partial charge in [0.05, 0.1) is 5.69 Å². The van der Waals surface area contributed by atoms with Crippen LogP contribution in [0.4, 0.5) is 5.69 Å². The molecular formula is C6H5INO2-. The highest BCUT2D eigenvalue weighted by Gasteiger charge is 1.89. The maximum absolute atomic E-state index is 10.7. The molecule has 0 saturated carbocycles. The normalized spacial score (nSPS) is 9.40. The lowest BCUT2D eigenvalue weighted by Crippen LogP contribution is -2.07. The number of anilines is 1. The number of benzene rings is 1. The number of para-hydroxylation sites is 1. The minimum atomic E-state index is 0.445. The number of halogens is 1. The minimum Gasteiger partial charge on any atom is -0.733 e. The number of hydrogen-bond donors (Lipinski definition) is 0. The quantitative estimate of drug-likeness (QED) is 0.596. The topological polar surface area (TPSA) is 35.5 Å². The van der Waals surface area contributed by atoms with Crippen molar-refractivity contribution >= 4 is 28.7 Å². The molecule has 0 spiro atoms. The van der Waals surface area contributed by atoms with E-state index in [4.69, 9.17) is 0 Å². The zero-order chi connectivity index (χ0) is 7.40. The molecule has 0 atom stereocenters. The largest absolute Gasteiger partial charge is 0.733 e. The summed E-state index contributed by atoms with van der Waals surface area (Å²) in [6.45, 7) is 0. The Bertz CT molecular complexity index is 192. The molecule has 0 saturated heterocycles. The summed E-state index contributed by atoms with van der Waals surface area (Å²) in [5.41, 5.74) is 0.497. The molecule has 4 heteroatoms. The van der Waals surface area contributed by atoms with Crippen molar-refractivity contribution in [3.8, 4) is 0 Å². The molecule has 0 aliphatic heterocycles. The van der Waals surface area contributed by atoms with Crippen LogP contribution in [0.25, 0.3) is 0 Å². The zero-order valence-corrected chi connectivity index (χ0v) is 7.19. The molecule has 0 aliphatic rings. The lowest BCUT2D eigenvalue weighted by atomic mass is 10.3. The molecule has 0 aromatic heterocycles. The van der Waals surface area contributed by atoms with Crippen molar-refractivity contribution in [2.45, 2.75) is 0 Å². The monoisotopic (exact) mass is 250 g/mol. The third kappa shape index (κ3) is 1.83. The zero-order valence-electron chi connectivity index (χ0n) is 5.03. The lowest BCUT2D eigenvalue weighted by Gasteiger charge is -2.24. The molecule has 3 nitrogen and oxygen atoms in total. The number of rotatable bonds is 2. The molecule has 0 bridgehead atoms. The molecular weight excluding hydrogens is 245 g/mol. The molecule has 0 amide bonds. The Morgan fingerprint density at radius 1 is 1.30 bits per heavy atom. The standard InChI is InChI=1S/C6H5INO2/c7-10-8(9)6-4-2-1-3-5-6/h1-5H/q-1. The third-order valence-corrected chi connectivity index (χ3v) is 1.39. The smallest absolute Gasteiger partial charge is 0.144 e. The number of hydrogen-bond acceptors (Lipinski definition) is 3. The van der Waals surface area contributed by atoms with Crippen LogP contribution in [-0.2, 0) is 3.17 Å². The average Bonchev–Trinajstić information content (AvgIpc) is 2.05. The first-order chi connectivity index (χ1) is 4.84. The summed E-state index contributed by atoms with van der Waals surface area (Å²) in [5.74, 6) is 0. The van der Waals surface area contributed by atoms with E-state index in [-0.39, 0.29) is 0 Å². The molecule has 0 unspecified atom stereocenters. The van der Waals surface area contributed by atoms with Gasteiger partial charge in [-0.25, -0.2) is 3.17 Å². The fraction of sp³-hybridized carbons (Fsp3) is 0. The van der Waals surface area contributed by atoms with Gasteiger partial charge in [-0.2, -0.15) is 0 Å². The first kappa shape index (κ1) is 7.77. The van der Waals surface area contributed by atoms with E-state index in [1.165, 1.54) is 23.0 Å². The average molecular weight is 250 g/mol. The Balaban J connectivity index is 2.75. The third-order valence-electron chi connectivity index (χ3n) is 1.03. The Labute approximate surface area is 72.8 Å². The maximum atomic E-state index is 10.7. The summed E-state index contributed by atoms with van der Waals surface area (Å²) in [5, 5.41) is 11.1. The van der Waals surface area contributed by atoms with E-state index in [0.29, 0.717) is 10.9 Å². The van der Waals surface area contributed by atoms with Gasteiger partial charge < -0.3 is 10.4 Å². The molecule has 10 heavy (non-hydrogen) atoms. The van der Waals surface area contributed by atoms with Gasteiger partial charge in [-0.15, -0.1) is 0 Å². The van der Waals surface area contributed by atoms with Crippen molar-refractivity contribution in [3.05, 3.63) is 35.5 Å². The highest BCUT2D eigenvalue weighted by atomic mass is 127. The highest BCUT2D eigenvalue weighted by molar-refractivity contribution is 14.1. The van der Waals surface area contributed by atoms with Crippen molar-refractivity contribution in [2.75, 3.05) is 5.23 Å². The molecule has 1 aromatic carbocycles. The predicted molar refractivity (Wildman–Crippen MR) is 47.4 cm³/mol.